The van der Waals surface area contributed by atoms with Gasteiger partial charge in [-0.1, -0.05) is 36.4 Å². The molecule has 0 unspecified atom stereocenters. The van der Waals surface area contributed by atoms with Crippen molar-refractivity contribution in [2.45, 2.75) is 20.4 Å². The monoisotopic (exact) mass is 354 g/mol. The molecule has 26 heavy (non-hydrogen) atoms. The standard InChI is InChI=1S/C19H22N4O3/c1-13-16(9-6-10-17(13)22-14(2)24)20-12-18(25)23-19(26)21-11-15-7-4-3-5-8-15/h3-10,20H,11-12H2,1-2H3,(H,22,24)(H2,21,23,25,26). The van der Waals surface area contributed by atoms with Crippen molar-refractivity contribution in [3.05, 3.63) is 59.7 Å². The number of carbonyl (C=O) groups is 3. The Morgan fingerprint density at radius 1 is 0.923 bits per heavy atom. The van der Waals surface area contributed by atoms with E-state index < -0.39 is 11.9 Å². The zero-order valence-electron chi connectivity index (χ0n) is 14.8. The molecule has 4 N–H and O–H groups in total. The molecule has 0 aliphatic heterocycles. The second-order valence-electron chi connectivity index (χ2n) is 5.73. The van der Waals surface area contributed by atoms with E-state index in [1.54, 1.807) is 18.2 Å². The molecule has 0 bridgehead atoms. The highest BCUT2D eigenvalue weighted by atomic mass is 16.2. The molecule has 7 heteroatoms. The molecule has 0 saturated heterocycles. The minimum absolute atomic E-state index is 0.0663. The van der Waals surface area contributed by atoms with Crippen molar-refractivity contribution >= 4 is 29.2 Å². The van der Waals surface area contributed by atoms with Gasteiger partial charge in [-0.15, -0.1) is 0 Å². The molecule has 0 spiro atoms. The van der Waals surface area contributed by atoms with Gasteiger partial charge in [0.25, 0.3) is 0 Å². The Bertz CT molecular complexity index is 791. The molecule has 4 amide bonds. The largest absolute Gasteiger partial charge is 0.376 e. The van der Waals surface area contributed by atoms with E-state index >= 15 is 0 Å². The van der Waals surface area contributed by atoms with Crippen LogP contribution >= 0.6 is 0 Å². The number of hydrogen-bond acceptors (Lipinski definition) is 4. The summed E-state index contributed by atoms with van der Waals surface area (Å²) < 4.78 is 0. The molecule has 2 aromatic carbocycles. The summed E-state index contributed by atoms with van der Waals surface area (Å²) in [5.74, 6) is -0.627. The molecule has 0 atom stereocenters. The number of rotatable bonds is 6. The fraction of sp³-hybridized carbons (Fsp3) is 0.211. The average Bonchev–Trinajstić information content (AvgIpc) is 2.61. The molecule has 0 saturated carbocycles. The number of benzene rings is 2. The molecular formula is C19H22N4O3. The molecule has 7 nitrogen and oxygen atoms in total. The van der Waals surface area contributed by atoms with E-state index in [1.165, 1.54) is 6.92 Å². The van der Waals surface area contributed by atoms with Crippen LogP contribution in [-0.4, -0.2) is 24.4 Å². The van der Waals surface area contributed by atoms with Crippen molar-refractivity contribution in [3.63, 3.8) is 0 Å². The van der Waals surface area contributed by atoms with Crippen LogP contribution in [0.4, 0.5) is 16.2 Å². The van der Waals surface area contributed by atoms with Crippen LogP contribution in [0.3, 0.4) is 0 Å². The Morgan fingerprint density at radius 2 is 1.62 bits per heavy atom. The topological polar surface area (TPSA) is 99.3 Å². The van der Waals surface area contributed by atoms with Gasteiger partial charge in [-0.3, -0.25) is 14.9 Å². The zero-order valence-corrected chi connectivity index (χ0v) is 14.8. The summed E-state index contributed by atoms with van der Waals surface area (Å²) in [6.07, 6.45) is 0. The van der Waals surface area contributed by atoms with E-state index in [1.807, 2.05) is 37.3 Å². The second kappa shape index (κ2) is 9.22. The first-order valence-electron chi connectivity index (χ1n) is 8.18. The number of nitrogens with one attached hydrogen (secondary N) is 4. The Balaban J connectivity index is 1.81. The van der Waals surface area contributed by atoms with Crippen molar-refractivity contribution in [2.75, 3.05) is 17.2 Å². The van der Waals surface area contributed by atoms with Gasteiger partial charge in [0.05, 0.1) is 6.54 Å². The summed E-state index contributed by atoms with van der Waals surface area (Å²) >= 11 is 0. The minimum Gasteiger partial charge on any atom is -0.376 e. The maximum Gasteiger partial charge on any atom is 0.321 e. The first-order valence-corrected chi connectivity index (χ1v) is 8.18. The molecule has 136 valence electrons. The van der Waals surface area contributed by atoms with Crippen LogP contribution in [0, 0.1) is 6.92 Å². The Hall–Kier alpha value is -3.35. The van der Waals surface area contributed by atoms with Gasteiger partial charge in [0.2, 0.25) is 11.8 Å². The molecule has 0 radical (unpaired) electrons. The third-order valence-corrected chi connectivity index (χ3v) is 3.63. The lowest BCUT2D eigenvalue weighted by atomic mass is 10.1. The Morgan fingerprint density at radius 3 is 2.31 bits per heavy atom. The third-order valence-electron chi connectivity index (χ3n) is 3.63. The van der Waals surface area contributed by atoms with Gasteiger partial charge in [-0.05, 0) is 30.2 Å². The van der Waals surface area contributed by atoms with E-state index in [2.05, 4.69) is 21.3 Å². The molecule has 2 aromatic rings. The highest BCUT2D eigenvalue weighted by molar-refractivity contribution is 5.96. The number of amides is 4. The molecule has 0 aliphatic carbocycles. The van der Waals surface area contributed by atoms with Crippen LogP contribution in [0.1, 0.15) is 18.1 Å². The fourth-order valence-electron chi connectivity index (χ4n) is 2.32. The zero-order chi connectivity index (χ0) is 18.9. The van der Waals surface area contributed by atoms with Crippen molar-refractivity contribution in [1.29, 1.82) is 0 Å². The maximum atomic E-state index is 11.9. The van der Waals surface area contributed by atoms with Gasteiger partial charge in [0, 0.05) is 24.8 Å². The number of carbonyl (C=O) groups excluding carboxylic acids is 3. The van der Waals surface area contributed by atoms with Crippen molar-refractivity contribution in [2.24, 2.45) is 0 Å². The summed E-state index contributed by atoms with van der Waals surface area (Å²) in [6, 6.07) is 14.2. The molecule has 0 fully saturated rings. The minimum atomic E-state index is -0.552. The number of imide groups is 1. The smallest absolute Gasteiger partial charge is 0.321 e. The van der Waals surface area contributed by atoms with Crippen LogP contribution in [0.2, 0.25) is 0 Å². The Labute approximate surface area is 152 Å². The van der Waals surface area contributed by atoms with Gasteiger partial charge >= 0.3 is 6.03 Å². The van der Waals surface area contributed by atoms with E-state index in [9.17, 15) is 14.4 Å². The summed E-state index contributed by atoms with van der Waals surface area (Å²) in [5, 5.41) is 10.6. The van der Waals surface area contributed by atoms with Crippen LogP contribution in [0.5, 0.6) is 0 Å². The number of urea groups is 1. The van der Waals surface area contributed by atoms with Crippen LogP contribution < -0.4 is 21.3 Å². The summed E-state index contributed by atoms with van der Waals surface area (Å²) in [7, 11) is 0. The SMILES string of the molecule is CC(=O)Nc1cccc(NCC(=O)NC(=O)NCc2ccccc2)c1C. The van der Waals surface area contributed by atoms with Crippen molar-refractivity contribution < 1.29 is 14.4 Å². The van der Waals surface area contributed by atoms with E-state index in [0.29, 0.717) is 17.9 Å². The number of hydrogen-bond donors (Lipinski definition) is 4. The van der Waals surface area contributed by atoms with E-state index in [4.69, 9.17) is 0 Å². The maximum absolute atomic E-state index is 11.9. The quantitative estimate of drug-likeness (QED) is 0.640. The van der Waals surface area contributed by atoms with Crippen LogP contribution in [-0.2, 0) is 16.1 Å². The van der Waals surface area contributed by atoms with Gasteiger partial charge < -0.3 is 16.0 Å². The average molecular weight is 354 g/mol. The normalized spacial score (nSPS) is 9.92. The van der Waals surface area contributed by atoms with Crippen molar-refractivity contribution in [1.82, 2.24) is 10.6 Å². The van der Waals surface area contributed by atoms with Crippen LogP contribution in [0.15, 0.2) is 48.5 Å². The van der Waals surface area contributed by atoms with E-state index in [-0.39, 0.29) is 12.5 Å². The summed E-state index contributed by atoms with van der Waals surface area (Å²) in [6.45, 7) is 3.54. The van der Waals surface area contributed by atoms with Gasteiger partial charge in [-0.2, -0.15) is 0 Å². The first kappa shape index (κ1) is 19.0. The fourth-order valence-corrected chi connectivity index (χ4v) is 2.32. The van der Waals surface area contributed by atoms with Crippen molar-refractivity contribution in [3.8, 4) is 0 Å². The Kier molecular flexibility index (Phi) is 6.73. The lowest BCUT2D eigenvalue weighted by molar-refractivity contribution is -0.118. The molecule has 0 aromatic heterocycles. The molecule has 2 rings (SSSR count). The van der Waals surface area contributed by atoms with Gasteiger partial charge in [0.15, 0.2) is 0 Å². The summed E-state index contributed by atoms with van der Waals surface area (Å²) in [4.78, 5) is 34.9. The highest BCUT2D eigenvalue weighted by Gasteiger charge is 2.09. The predicted molar refractivity (Wildman–Crippen MR) is 101 cm³/mol. The molecule has 0 heterocycles. The first-order chi connectivity index (χ1) is 12.5. The summed E-state index contributed by atoms with van der Waals surface area (Å²) in [5.41, 5.74) is 3.13. The second-order valence-corrected chi connectivity index (χ2v) is 5.73. The van der Waals surface area contributed by atoms with Gasteiger partial charge in [-0.25, -0.2) is 4.79 Å². The lowest BCUT2D eigenvalue weighted by Gasteiger charge is -2.13. The number of anilines is 2. The molecule has 0 aliphatic rings. The highest BCUT2D eigenvalue weighted by Crippen LogP contribution is 2.22. The van der Waals surface area contributed by atoms with Gasteiger partial charge in [0.1, 0.15) is 0 Å². The predicted octanol–water partition coefficient (Wildman–Crippen LogP) is 2.39. The van der Waals surface area contributed by atoms with E-state index in [0.717, 1.165) is 11.1 Å². The lowest BCUT2D eigenvalue weighted by Crippen LogP contribution is -2.41. The molecular weight excluding hydrogens is 332 g/mol. The van der Waals surface area contributed by atoms with Crippen LogP contribution in [0.25, 0.3) is 0 Å². The third kappa shape index (κ3) is 5.94.